The summed E-state index contributed by atoms with van der Waals surface area (Å²) in [4.78, 5) is 21.6. The number of rotatable bonds is 4. The summed E-state index contributed by atoms with van der Waals surface area (Å²) in [5.41, 5.74) is 1.98. The average Bonchev–Trinajstić information content (AvgIpc) is 3.17. The Kier molecular flexibility index (Phi) is 4.43. The van der Waals surface area contributed by atoms with Gasteiger partial charge in [0.05, 0.1) is 34.8 Å². The van der Waals surface area contributed by atoms with Crippen LogP contribution in [0.3, 0.4) is 0 Å². The van der Waals surface area contributed by atoms with Gasteiger partial charge in [-0.25, -0.2) is 0 Å². The minimum atomic E-state index is -0.453. The van der Waals surface area contributed by atoms with Gasteiger partial charge in [-0.15, -0.1) is 0 Å². The molecule has 2 aromatic carbocycles. The highest BCUT2D eigenvalue weighted by molar-refractivity contribution is 6.31. The summed E-state index contributed by atoms with van der Waals surface area (Å²) in [6.45, 7) is 0. The Labute approximate surface area is 165 Å². The van der Waals surface area contributed by atoms with E-state index < -0.39 is 9.85 Å². The lowest BCUT2D eigenvalue weighted by molar-refractivity contribution is -0.385. The Hall–Kier alpha value is -3.13. The third-order valence-electron chi connectivity index (χ3n) is 5.37. The lowest BCUT2D eigenvalue weighted by Gasteiger charge is -2.38. The summed E-state index contributed by atoms with van der Waals surface area (Å²) >= 11 is 6.39. The van der Waals surface area contributed by atoms with Crippen molar-refractivity contribution in [1.29, 1.82) is 0 Å². The van der Waals surface area contributed by atoms with Crippen LogP contribution in [0.5, 0.6) is 5.75 Å². The number of nitro benzene ring substituents is 2. The van der Waals surface area contributed by atoms with Crippen molar-refractivity contribution in [3.63, 3.8) is 0 Å². The number of hydrogen-bond acceptors (Lipinski definition) is 6. The van der Waals surface area contributed by atoms with Crippen molar-refractivity contribution in [1.82, 2.24) is 0 Å². The SMILES string of the molecule is COc1cc([N+](=O)[O-])cc2c1NC(c1cc([N+](=O)[O-])ccc1Cl)[C@H]1CC=C[C@@H]21. The summed E-state index contributed by atoms with van der Waals surface area (Å²) in [5.74, 6) is 0.304. The second-order valence-corrected chi connectivity index (χ2v) is 7.21. The molecule has 4 rings (SSSR count). The van der Waals surface area contributed by atoms with E-state index >= 15 is 0 Å². The number of methoxy groups -OCH3 is 1. The molecule has 1 heterocycles. The van der Waals surface area contributed by atoms with Crippen LogP contribution in [0.4, 0.5) is 17.1 Å². The van der Waals surface area contributed by atoms with E-state index in [2.05, 4.69) is 5.32 Å². The van der Waals surface area contributed by atoms with Crippen molar-refractivity contribution >= 4 is 28.7 Å². The minimum absolute atomic E-state index is 0.0266. The molecule has 8 nitrogen and oxygen atoms in total. The molecule has 1 aliphatic heterocycles. The van der Waals surface area contributed by atoms with E-state index in [0.29, 0.717) is 22.0 Å². The smallest absolute Gasteiger partial charge is 0.273 e. The molecule has 28 heavy (non-hydrogen) atoms. The predicted octanol–water partition coefficient (Wildman–Crippen LogP) is 4.99. The van der Waals surface area contributed by atoms with E-state index in [-0.39, 0.29) is 29.3 Å². The van der Waals surface area contributed by atoms with Crippen molar-refractivity contribution < 1.29 is 14.6 Å². The molecule has 3 atom stereocenters. The van der Waals surface area contributed by atoms with E-state index in [1.165, 1.54) is 31.4 Å². The van der Waals surface area contributed by atoms with Gasteiger partial charge < -0.3 is 10.1 Å². The van der Waals surface area contributed by atoms with Crippen molar-refractivity contribution in [2.24, 2.45) is 5.92 Å². The van der Waals surface area contributed by atoms with Crippen molar-refractivity contribution in [2.45, 2.75) is 18.4 Å². The van der Waals surface area contributed by atoms with Gasteiger partial charge in [0.15, 0.2) is 0 Å². The normalized spacial score (nSPS) is 22.1. The van der Waals surface area contributed by atoms with Crippen LogP contribution in [0, 0.1) is 26.1 Å². The summed E-state index contributed by atoms with van der Waals surface area (Å²) in [5, 5.41) is 26.3. The second-order valence-electron chi connectivity index (χ2n) is 6.81. The van der Waals surface area contributed by atoms with Crippen LogP contribution < -0.4 is 10.1 Å². The van der Waals surface area contributed by atoms with Gasteiger partial charge in [-0.2, -0.15) is 0 Å². The Morgan fingerprint density at radius 3 is 2.50 bits per heavy atom. The van der Waals surface area contributed by atoms with Crippen molar-refractivity contribution in [2.75, 3.05) is 12.4 Å². The van der Waals surface area contributed by atoms with Crippen LogP contribution in [0.2, 0.25) is 5.02 Å². The van der Waals surface area contributed by atoms with Crippen LogP contribution in [0.15, 0.2) is 42.5 Å². The lowest BCUT2D eigenvalue weighted by Crippen LogP contribution is -2.29. The van der Waals surface area contributed by atoms with Gasteiger partial charge in [-0.1, -0.05) is 23.8 Å². The molecule has 0 amide bonds. The molecule has 0 spiro atoms. The van der Waals surface area contributed by atoms with Crippen LogP contribution in [-0.2, 0) is 0 Å². The van der Waals surface area contributed by atoms with E-state index in [1.54, 1.807) is 6.07 Å². The highest BCUT2D eigenvalue weighted by atomic mass is 35.5. The maximum atomic E-state index is 11.3. The van der Waals surface area contributed by atoms with Gasteiger partial charge in [0.1, 0.15) is 5.75 Å². The van der Waals surface area contributed by atoms with E-state index in [4.69, 9.17) is 16.3 Å². The Bertz CT molecular complexity index is 1020. The maximum absolute atomic E-state index is 11.3. The lowest BCUT2D eigenvalue weighted by atomic mass is 9.76. The maximum Gasteiger partial charge on any atom is 0.273 e. The molecule has 0 bridgehead atoms. The number of ether oxygens (including phenoxy) is 1. The van der Waals surface area contributed by atoms with Gasteiger partial charge >= 0.3 is 0 Å². The average molecular weight is 402 g/mol. The molecule has 144 valence electrons. The molecule has 0 fully saturated rings. The summed E-state index contributed by atoms with van der Waals surface area (Å²) in [6.07, 6.45) is 4.77. The number of allylic oxidation sites excluding steroid dienone is 2. The number of anilines is 1. The summed E-state index contributed by atoms with van der Waals surface area (Å²) in [6, 6.07) is 7.02. The molecular formula is C19H16ClN3O5. The number of nitrogens with zero attached hydrogens (tertiary/aromatic N) is 2. The highest BCUT2D eigenvalue weighted by Crippen LogP contribution is 2.54. The molecule has 1 N–H and O–H groups in total. The Morgan fingerprint density at radius 2 is 1.82 bits per heavy atom. The molecule has 0 saturated heterocycles. The molecule has 0 aromatic heterocycles. The topological polar surface area (TPSA) is 108 Å². The standard InChI is InChI=1S/C19H16ClN3O5/c1-28-17-9-11(23(26)27)8-14-12-3-2-4-13(12)18(21-19(14)17)15-7-10(22(24)25)5-6-16(15)20/h2-3,5-9,12-13,18,21H,4H2,1H3/t12-,13+,18?/m1/s1. The van der Waals surface area contributed by atoms with E-state index in [9.17, 15) is 20.2 Å². The number of fused-ring (bicyclic) bond motifs is 3. The van der Waals surface area contributed by atoms with Crippen LogP contribution in [-0.4, -0.2) is 17.0 Å². The molecular weight excluding hydrogens is 386 g/mol. The van der Waals surface area contributed by atoms with Crippen LogP contribution >= 0.6 is 11.6 Å². The van der Waals surface area contributed by atoms with E-state index in [1.807, 2.05) is 12.2 Å². The van der Waals surface area contributed by atoms with Gasteiger partial charge in [0, 0.05) is 34.7 Å². The largest absolute Gasteiger partial charge is 0.494 e. The summed E-state index contributed by atoms with van der Waals surface area (Å²) < 4.78 is 5.40. The molecule has 9 heteroatoms. The fourth-order valence-electron chi connectivity index (χ4n) is 4.11. The predicted molar refractivity (Wildman–Crippen MR) is 104 cm³/mol. The number of halogens is 1. The number of hydrogen-bond donors (Lipinski definition) is 1. The highest BCUT2D eigenvalue weighted by Gasteiger charge is 2.41. The van der Waals surface area contributed by atoms with Crippen LogP contribution in [0.1, 0.15) is 29.5 Å². The van der Waals surface area contributed by atoms with Gasteiger partial charge in [0.25, 0.3) is 11.4 Å². The van der Waals surface area contributed by atoms with Gasteiger partial charge in [-0.05, 0) is 24.0 Å². The fraction of sp³-hybridized carbons (Fsp3) is 0.263. The summed E-state index contributed by atoms with van der Waals surface area (Å²) in [7, 11) is 1.45. The Balaban J connectivity index is 1.86. The quantitative estimate of drug-likeness (QED) is 0.439. The Morgan fingerprint density at radius 1 is 1.11 bits per heavy atom. The van der Waals surface area contributed by atoms with Crippen molar-refractivity contribution in [3.05, 3.63) is 78.9 Å². The van der Waals surface area contributed by atoms with Gasteiger partial charge in [0.2, 0.25) is 0 Å². The first-order valence-corrected chi connectivity index (χ1v) is 9.02. The zero-order valence-corrected chi connectivity index (χ0v) is 15.6. The first-order valence-electron chi connectivity index (χ1n) is 8.64. The van der Waals surface area contributed by atoms with E-state index in [0.717, 1.165) is 12.0 Å². The monoisotopic (exact) mass is 401 g/mol. The minimum Gasteiger partial charge on any atom is -0.494 e. The second kappa shape index (κ2) is 6.79. The number of nitro groups is 2. The first-order chi connectivity index (χ1) is 13.4. The zero-order chi connectivity index (χ0) is 20.0. The third-order valence-corrected chi connectivity index (χ3v) is 5.72. The van der Waals surface area contributed by atoms with Crippen molar-refractivity contribution in [3.8, 4) is 5.75 Å². The first kappa shape index (κ1) is 18.2. The van der Waals surface area contributed by atoms with Crippen LogP contribution in [0.25, 0.3) is 0 Å². The molecule has 1 aliphatic carbocycles. The van der Waals surface area contributed by atoms with Gasteiger partial charge in [-0.3, -0.25) is 20.2 Å². The zero-order valence-electron chi connectivity index (χ0n) is 14.8. The molecule has 0 saturated carbocycles. The number of benzene rings is 2. The number of nitrogens with one attached hydrogen (secondary N) is 1. The fourth-order valence-corrected chi connectivity index (χ4v) is 4.34. The molecule has 1 unspecified atom stereocenters. The molecule has 2 aliphatic rings. The molecule has 0 radical (unpaired) electrons. The number of non-ortho nitro benzene ring substituents is 2. The molecule has 2 aromatic rings. The third kappa shape index (κ3) is 2.86.